The smallest absolute Gasteiger partial charge is 0.357 e. The number of carbonyl (C=O) groups excluding carboxylic acids is 2. The molecule has 1 amide bonds. The number of thiazole rings is 1. The lowest BCUT2D eigenvalue weighted by atomic mass is 9.81. The maximum absolute atomic E-state index is 13.1. The molecule has 1 aliphatic carbocycles. The average Bonchev–Trinajstić information content (AvgIpc) is 3.31. The van der Waals surface area contributed by atoms with E-state index in [1.165, 1.54) is 29.5 Å². The normalized spacial score (nSPS) is 16.4. The maximum atomic E-state index is 13.1. The molecule has 1 saturated carbocycles. The predicted octanol–water partition coefficient (Wildman–Crippen LogP) is 1.78. The second-order valence-corrected chi connectivity index (χ2v) is 7.02. The molecule has 1 aliphatic rings. The number of methoxy groups -OCH3 is 1. The van der Waals surface area contributed by atoms with Crippen LogP contribution < -0.4 is 5.32 Å². The van der Waals surface area contributed by atoms with Crippen LogP contribution in [0.2, 0.25) is 0 Å². The van der Waals surface area contributed by atoms with E-state index >= 15 is 0 Å². The number of aromatic nitrogens is 5. The molecule has 0 saturated heterocycles. The first kappa shape index (κ1) is 17.5. The van der Waals surface area contributed by atoms with Crippen molar-refractivity contribution >= 4 is 28.3 Å². The summed E-state index contributed by atoms with van der Waals surface area (Å²) < 4.78 is 6.29. The number of ether oxygens (including phenoxy) is 1. The Hall–Kier alpha value is -2.36. The van der Waals surface area contributed by atoms with Gasteiger partial charge in [-0.05, 0) is 29.7 Å². The topological polar surface area (TPSA) is 112 Å². The Morgan fingerprint density at radius 3 is 2.72 bits per heavy atom. The van der Waals surface area contributed by atoms with E-state index in [9.17, 15) is 9.59 Å². The fourth-order valence-corrected chi connectivity index (χ4v) is 4.05. The highest BCUT2D eigenvalue weighted by Gasteiger charge is 2.43. The first-order valence-corrected chi connectivity index (χ1v) is 9.05. The highest BCUT2D eigenvalue weighted by molar-refractivity contribution is 7.16. The molecule has 0 radical (unpaired) electrons. The third kappa shape index (κ3) is 3.26. The predicted molar refractivity (Wildman–Crippen MR) is 90.3 cm³/mol. The number of hydrogen-bond donors (Lipinski definition) is 1. The summed E-state index contributed by atoms with van der Waals surface area (Å²) in [6.07, 6.45) is 6.39. The summed E-state index contributed by atoms with van der Waals surface area (Å²) >= 11 is 1.29. The Morgan fingerprint density at radius 2 is 2.12 bits per heavy atom. The Bertz CT molecular complexity index is 751. The van der Waals surface area contributed by atoms with E-state index in [0.29, 0.717) is 24.4 Å². The van der Waals surface area contributed by atoms with Gasteiger partial charge in [0.15, 0.2) is 10.8 Å². The molecule has 9 nitrogen and oxygen atoms in total. The van der Waals surface area contributed by atoms with Gasteiger partial charge in [-0.2, -0.15) is 0 Å². The second kappa shape index (κ2) is 7.26. The summed E-state index contributed by atoms with van der Waals surface area (Å²) in [5.41, 5.74) is -0.559. The van der Waals surface area contributed by atoms with Gasteiger partial charge in [0, 0.05) is 4.88 Å². The number of tetrazole rings is 1. The van der Waals surface area contributed by atoms with Crippen LogP contribution in [0, 0.1) is 0 Å². The first-order valence-electron chi connectivity index (χ1n) is 8.23. The van der Waals surface area contributed by atoms with Crippen molar-refractivity contribution in [2.45, 2.75) is 51.0 Å². The van der Waals surface area contributed by atoms with Crippen molar-refractivity contribution in [2.24, 2.45) is 0 Å². The molecule has 0 aromatic carbocycles. The van der Waals surface area contributed by atoms with Crippen molar-refractivity contribution < 1.29 is 14.3 Å². The van der Waals surface area contributed by atoms with Gasteiger partial charge in [-0.1, -0.05) is 26.2 Å². The maximum Gasteiger partial charge on any atom is 0.357 e. The number of rotatable bonds is 5. The van der Waals surface area contributed by atoms with Gasteiger partial charge in [-0.15, -0.1) is 16.4 Å². The van der Waals surface area contributed by atoms with Crippen molar-refractivity contribution in [2.75, 3.05) is 12.4 Å². The summed E-state index contributed by atoms with van der Waals surface area (Å²) in [5, 5.41) is 14.6. The number of carbonyl (C=O) groups is 2. The Kier molecular flexibility index (Phi) is 5.07. The van der Waals surface area contributed by atoms with Gasteiger partial charge in [-0.25, -0.2) is 14.5 Å². The van der Waals surface area contributed by atoms with Gasteiger partial charge in [-0.3, -0.25) is 10.1 Å². The van der Waals surface area contributed by atoms with E-state index in [4.69, 9.17) is 4.74 Å². The zero-order chi connectivity index (χ0) is 17.9. The van der Waals surface area contributed by atoms with E-state index in [0.717, 1.165) is 24.1 Å². The van der Waals surface area contributed by atoms with Crippen molar-refractivity contribution in [1.29, 1.82) is 0 Å². The fraction of sp³-hybridized carbons (Fsp3) is 0.600. The van der Waals surface area contributed by atoms with Gasteiger partial charge in [0.2, 0.25) is 0 Å². The lowest BCUT2D eigenvalue weighted by Gasteiger charge is -2.34. The Balaban J connectivity index is 1.87. The summed E-state index contributed by atoms with van der Waals surface area (Å²) in [7, 11) is 1.31. The molecule has 1 N–H and O–H groups in total. The molecule has 3 rings (SSSR count). The first-order chi connectivity index (χ1) is 12.1. The molecule has 2 aromatic heterocycles. The van der Waals surface area contributed by atoms with Crippen LogP contribution in [0.5, 0.6) is 0 Å². The highest BCUT2D eigenvalue weighted by Crippen LogP contribution is 2.36. The fourth-order valence-electron chi connectivity index (χ4n) is 3.17. The van der Waals surface area contributed by atoms with Gasteiger partial charge in [0.1, 0.15) is 11.9 Å². The van der Waals surface area contributed by atoms with Crippen molar-refractivity contribution in [3.05, 3.63) is 16.9 Å². The monoisotopic (exact) mass is 364 g/mol. The van der Waals surface area contributed by atoms with Crippen LogP contribution in [0.3, 0.4) is 0 Å². The minimum absolute atomic E-state index is 0.202. The molecule has 25 heavy (non-hydrogen) atoms. The molecular weight excluding hydrogens is 344 g/mol. The third-order valence-electron chi connectivity index (χ3n) is 4.51. The van der Waals surface area contributed by atoms with Crippen LogP contribution in [0.4, 0.5) is 5.13 Å². The molecule has 1 fully saturated rings. The summed E-state index contributed by atoms with van der Waals surface area (Å²) in [6.45, 7) is 1.93. The standard InChI is InChI=1S/C15H20N6O3S/c1-3-10-11(12(22)24-2)17-14(25-10)18-13(23)15(7-5-4-6-8-15)21-9-16-19-20-21/h9H,3-8H2,1-2H3,(H,17,18,23). The van der Waals surface area contributed by atoms with Crippen LogP contribution >= 0.6 is 11.3 Å². The van der Waals surface area contributed by atoms with Crippen molar-refractivity contribution in [1.82, 2.24) is 25.2 Å². The van der Waals surface area contributed by atoms with Crippen molar-refractivity contribution in [3.63, 3.8) is 0 Å². The average molecular weight is 364 g/mol. The molecule has 2 heterocycles. The molecule has 134 valence electrons. The Labute approximate surface area is 148 Å². The van der Waals surface area contributed by atoms with Crippen LogP contribution in [0.25, 0.3) is 0 Å². The molecule has 0 spiro atoms. The van der Waals surface area contributed by atoms with Gasteiger partial charge >= 0.3 is 5.97 Å². The molecule has 0 aliphatic heterocycles. The minimum Gasteiger partial charge on any atom is -0.464 e. The third-order valence-corrected chi connectivity index (χ3v) is 5.62. The second-order valence-electron chi connectivity index (χ2n) is 5.94. The minimum atomic E-state index is -0.814. The number of esters is 1. The molecular formula is C15H20N6O3S. The van der Waals surface area contributed by atoms with Gasteiger partial charge in [0.05, 0.1) is 7.11 Å². The summed E-state index contributed by atoms with van der Waals surface area (Å²) in [4.78, 5) is 29.9. The highest BCUT2D eigenvalue weighted by atomic mass is 32.1. The molecule has 0 bridgehead atoms. The quantitative estimate of drug-likeness (QED) is 0.805. The zero-order valence-corrected chi connectivity index (χ0v) is 15.0. The van der Waals surface area contributed by atoms with E-state index in [-0.39, 0.29) is 11.6 Å². The molecule has 2 aromatic rings. The van der Waals surface area contributed by atoms with Crippen LogP contribution in [0.1, 0.15) is 54.4 Å². The molecule has 0 unspecified atom stereocenters. The number of hydrogen-bond acceptors (Lipinski definition) is 8. The van der Waals surface area contributed by atoms with Crippen LogP contribution in [0.15, 0.2) is 6.33 Å². The number of nitrogens with zero attached hydrogens (tertiary/aromatic N) is 5. The Morgan fingerprint density at radius 1 is 1.36 bits per heavy atom. The van der Waals surface area contributed by atoms with E-state index in [1.807, 2.05) is 6.92 Å². The zero-order valence-electron chi connectivity index (χ0n) is 14.2. The summed E-state index contributed by atoms with van der Waals surface area (Å²) in [5.74, 6) is -0.700. The van der Waals surface area contributed by atoms with Crippen LogP contribution in [-0.4, -0.2) is 44.2 Å². The van der Waals surface area contributed by atoms with E-state index < -0.39 is 11.5 Å². The van der Waals surface area contributed by atoms with Crippen LogP contribution in [-0.2, 0) is 21.5 Å². The van der Waals surface area contributed by atoms with Crippen molar-refractivity contribution in [3.8, 4) is 0 Å². The molecule has 0 atom stereocenters. The lowest BCUT2D eigenvalue weighted by Crippen LogP contribution is -2.47. The van der Waals surface area contributed by atoms with E-state index in [2.05, 4.69) is 25.8 Å². The summed E-state index contributed by atoms with van der Waals surface area (Å²) in [6, 6.07) is 0. The SMILES string of the molecule is CCc1sc(NC(=O)C2(n3cnnn3)CCCCC2)nc1C(=O)OC. The largest absolute Gasteiger partial charge is 0.464 e. The number of amides is 1. The van der Waals surface area contributed by atoms with E-state index in [1.54, 1.807) is 0 Å². The van der Waals surface area contributed by atoms with Gasteiger partial charge < -0.3 is 4.74 Å². The number of nitrogens with one attached hydrogen (secondary N) is 1. The number of aryl methyl sites for hydroxylation is 1. The van der Waals surface area contributed by atoms with Gasteiger partial charge in [0.25, 0.3) is 5.91 Å². The number of anilines is 1. The molecule has 10 heteroatoms. The lowest BCUT2D eigenvalue weighted by molar-refractivity contribution is -0.126.